The molecular weight excluding hydrogens is 381 g/mol. The zero-order valence-electron chi connectivity index (χ0n) is 17.5. The highest BCUT2D eigenvalue weighted by Crippen LogP contribution is 2.16. The fraction of sp³-hybridized carbons (Fsp3) is 0.292. The first kappa shape index (κ1) is 21.6. The molecule has 1 heterocycles. The van der Waals surface area contributed by atoms with Crippen molar-refractivity contribution in [2.75, 3.05) is 25.6 Å². The fourth-order valence-corrected chi connectivity index (χ4v) is 3.33. The molecule has 3 rings (SSSR count). The Hall–Kier alpha value is -3.12. The third-order valence-corrected chi connectivity index (χ3v) is 4.97. The molecule has 0 saturated carbocycles. The number of aryl methyl sites for hydroxylation is 1. The number of halogens is 1. The number of para-hydroxylation sites is 1. The van der Waals surface area contributed by atoms with Crippen molar-refractivity contribution in [1.82, 2.24) is 9.47 Å². The van der Waals surface area contributed by atoms with Crippen molar-refractivity contribution in [3.63, 3.8) is 0 Å². The molecule has 0 radical (unpaired) electrons. The third kappa shape index (κ3) is 5.94. The number of anilines is 1. The lowest BCUT2D eigenvalue weighted by molar-refractivity contribution is 0.171. The molecule has 0 aliphatic carbocycles. The predicted octanol–water partition coefficient (Wildman–Crippen LogP) is 5.05. The van der Waals surface area contributed by atoms with E-state index in [-0.39, 0.29) is 11.8 Å². The van der Waals surface area contributed by atoms with Crippen LogP contribution in [0.4, 0.5) is 14.9 Å². The summed E-state index contributed by atoms with van der Waals surface area (Å²) in [6.45, 7) is 4.11. The van der Waals surface area contributed by atoms with Crippen LogP contribution >= 0.6 is 0 Å². The molecular formula is C24H28FN3O2. The number of carbonyl (C=O) groups excluding carboxylic acids is 1. The summed E-state index contributed by atoms with van der Waals surface area (Å²) in [7, 11) is 1.65. The first-order valence-corrected chi connectivity index (χ1v) is 10.1. The Morgan fingerprint density at radius 2 is 1.97 bits per heavy atom. The summed E-state index contributed by atoms with van der Waals surface area (Å²) in [4.78, 5) is 14.8. The van der Waals surface area contributed by atoms with Crippen LogP contribution in [0.3, 0.4) is 0 Å². The standard InChI is InChI=1S/C24H28FN3O2/c1-19-8-3-4-12-23(19)26-24(29)28(14-7-15-30-2)18-22-11-6-13-27(22)17-20-9-5-10-21(25)16-20/h3-6,8-13,16H,7,14-15,17-18H2,1-2H3,(H,26,29). The average Bonchev–Trinajstić information content (AvgIpc) is 3.15. The second kappa shape index (κ2) is 10.6. The number of amides is 2. The minimum atomic E-state index is -0.250. The van der Waals surface area contributed by atoms with Gasteiger partial charge in [0.1, 0.15) is 5.82 Å². The van der Waals surface area contributed by atoms with Gasteiger partial charge in [-0.05, 0) is 54.8 Å². The van der Waals surface area contributed by atoms with Crippen molar-refractivity contribution in [2.24, 2.45) is 0 Å². The number of rotatable bonds is 9. The lowest BCUT2D eigenvalue weighted by atomic mass is 10.2. The van der Waals surface area contributed by atoms with E-state index >= 15 is 0 Å². The lowest BCUT2D eigenvalue weighted by Gasteiger charge is -2.24. The maximum atomic E-state index is 13.5. The molecule has 1 aromatic heterocycles. The Labute approximate surface area is 177 Å². The van der Waals surface area contributed by atoms with E-state index < -0.39 is 0 Å². The van der Waals surface area contributed by atoms with Gasteiger partial charge in [-0.2, -0.15) is 0 Å². The molecule has 0 spiro atoms. The highest BCUT2D eigenvalue weighted by molar-refractivity contribution is 5.90. The van der Waals surface area contributed by atoms with Crippen molar-refractivity contribution in [1.29, 1.82) is 0 Å². The fourth-order valence-electron chi connectivity index (χ4n) is 3.33. The summed E-state index contributed by atoms with van der Waals surface area (Å²) in [6.07, 6.45) is 2.69. The second-order valence-corrected chi connectivity index (χ2v) is 7.27. The SMILES string of the molecule is COCCCN(Cc1cccn1Cc1cccc(F)c1)C(=O)Nc1ccccc1C. The topological polar surface area (TPSA) is 46.5 Å². The van der Waals surface area contributed by atoms with Gasteiger partial charge in [-0.15, -0.1) is 0 Å². The van der Waals surface area contributed by atoms with Crippen molar-refractivity contribution in [2.45, 2.75) is 26.4 Å². The highest BCUT2D eigenvalue weighted by Gasteiger charge is 2.16. The molecule has 0 saturated heterocycles. The molecule has 0 aliphatic heterocycles. The van der Waals surface area contributed by atoms with Crippen molar-refractivity contribution >= 4 is 11.7 Å². The van der Waals surface area contributed by atoms with Gasteiger partial charge in [-0.1, -0.05) is 30.3 Å². The molecule has 0 fully saturated rings. The van der Waals surface area contributed by atoms with Gasteiger partial charge < -0.3 is 19.5 Å². The molecule has 30 heavy (non-hydrogen) atoms. The summed E-state index contributed by atoms with van der Waals surface area (Å²) in [6, 6.07) is 18.1. The Morgan fingerprint density at radius 1 is 1.13 bits per heavy atom. The summed E-state index contributed by atoms with van der Waals surface area (Å²) < 4.78 is 20.7. The molecule has 5 nitrogen and oxygen atoms in total. The molecule has 0 atom stereocenters. The summed E-state index contributed by atoms with van der Waals surface area (Å²) in [5, 5.41) is 3.01. The average molecular weight is 410 g/mol. The monoisotopic (exact) mass is 409 g/mol. The highest BCUT2D eigenvalue weighted by atomic mass is 19.1. The van der Waals surface area contributed by atoms with Gasteiger partial charge in [0, 0.05) is 44.4 Å². The summed E-state index contributed by atoms with van der Waals surface area (Å²) >= 11 is 0. The van der Waals surface area contributed by atoms with Gasteiger partial charge in [0.15, 0.2) is 0 Å². The van der Waals surface area contributed by atoms with E-state index in [9.17, 15) is 9.18 Å². The van der Waals surface area contributed by atoms with Crippen LogP contribution in [0.15, 0.2) is 66.9 Å². The van der Waals surface area contributed by atoms with E-state index in [4.69, 9.17) is 4.74 Å². The van der Waals surface area contributed by atoms with Gasteiger partial charge in [-0.25, -0.2) is 9.18 Å². The molecule has 0 unspecified atom stereocenters. The van der Waals surface area contributed by atoms with Gasteiger partial charge in [0.2, 0.25) is 0 Å². The zero-order valence-corrected chi connectivity index (χ0v) is 17.5. The molecule has 6 heteroatoms. The van der Waals surface area contributed by atoms with Gasteiger partial charge in [-0.3, -0.25) is 0 Å². The quantitative estimate of drug-likeness (QED) is 0.503. The van der Waals surface area contributed by atoms with E-state index in [0.29, 0.717) is 26.2 Å². The van der Waals surface area contributed by atoms with E-state index in [0.717, 1.165) is 28.9 Å². The Bertz CT molecular complexity index is 970. The maximum absolute atomic E-state index is 13.5. The van der Waals surface area contributed by atoms with Crippen LogP contribution in [0, 0.1) is 12.7 Å². The largest absolute Gasteiger partial charge is 0.385 e. The first-order valence-electron chi connectivity index (χ1n) is 10.1. The molecule has 1 N–H and O–H groups in total. The van der Waals surface area contributed by atoms with Gasteiger partial charge in [0.25, 0.3) is 0 Å². The maximum Gasteiger partial charge on any atom is 0.322 e. The Morgan fingerprint density at radius 3 is 2.73 bits per heavy atom. The van der Waals surface area contributed by atoms with E-state index in [2.05, 4.69) is 5.32 Å². The number of urea groups is 1. The molecule has 2 amide bonds. The van der Waals surface area contributed by atoms with Crippen LogP contribution in [-0.2, 0) is 17.8 Å². The van der Waals surface area contributed by atoms with Crippen LogP contribution in [0.25, 0.3) is 0 Å². The van der Waals surface area contributed by atoms with E-state index in [1.165, 1.54) is 12.1 Å². The number of hydrogen-bond donors (Lipinski definition) is 1. The molecule has 0 bridgehead atoms. The van der Waals surface area contributed by atoms with E-state index in [1.54, 1.807) is 18.1 Å². The Balaban J connectivity index is 1.74. The van der Waals surface area contributed by atoms with Gasteiger partial charge in [0.05, 0.1) is 6.54 Å². The van der Waals surface area contributed by atoms with Crippen molar-refractivity contribution in [3.8, 4) is 0 Å². The van der Waals surface area contributed by atoms with Crippen LogP contribution in [0.1, 0.15) is 23.2 Å². The number of nitrogens with zero attached hydrogens (tertiary/aromatic N) is 2. The zero-order chi connectivity index (χ0) is 21.3. The van der Waals surface area contributed by atoms with Gasteiger partial charge >= 0.3 is 6.03 Å². The number of nitrogens with one attached hydrogen (secondary N) is 1. The number of hydrogen-bond acceptors (Lipinski definition) is 2. The summed E-state index contributed by atoms with van der Waals surface area (Å²) in [5.74, 6) is -0.250. The normalized spacial score (nSPS) is 10.8. The number of methoxy groups -OCH3 is 1. The molecule has 0 aliphatic rings. The van der Waals surface area contributed by atoms with Crippen LogP contribution in [0.2, 0.25) is 0 Å². The second-order valence-electron chi connectivity index (χ2n) is 7.27. The minimum absolute atomic E-state index is 0.154. The van der Waals surface area contributed by atoms with Crippen LogP contribution in [0.5, 0.6) is 0 Å². The lowest BCUT2D eigenvalue weighted by Crippen LogP contribution is -2.36. The third-order valence-electron chi connectivity index (χ3n) is 4.97. The first-order chi connectivity index (χ1) is 14.6. The Kier molecular flexibility index (Phi) is 7.63. The predicted molar refractivity (Wildman–Crippen MR) is 117 cm³/mol. The van der Waals surface area contributed by atoms with Crippen molar-refractivity contribution in [3.05, 3.63) is 89.5 Å². The molecule has 2 aromatic carbocycles. The number of benzene rings is 2. The van der Waals surface area contributed by atoms with Crippen LogP contribution in [-0.4, -0.2) is 35.8 Å². The smallest absolute Gasteiger partial charge is 0.322 e. The van der Waals surface area contributed by atoms with Crippen LogP contribution < -0.4 is 5.32 Å². The molecule has 3 aromatic rings. The molecule has 158 valence electrons. The number of ether oxygens (including phenoxy) is 1. The minimum Gasteiger partial charge on any atom is -0.385 e. The summed E-state index contributed by atoms with van der Waals surface area (Å²) in [5.41, 5.74) is 3.67. The van der Waals surface area contributed by atoms with E-state index in [1.807, 2.05) is 60.2 Å². The van der Waals surface area contributed by atoms with Crippen molar-refractivity contribution < 1.29 is 13.9 Å². The number of carbonyl (C=O) groups is 1. The number of aromatic nitrogens is 1.